The fourth-order valence-electron chi connectivity index (χ4n) is 2.56. The van der Waals surface area contributed by atoms with E-state index in [2.05, 4.69) is 10.3 Å². The number of nitrogens with zero attached hydrogens (tertiary/aromatic N) is 1. The molecule has 1 unspecified atom stereocenters. The molecule has 0 bridgehead atoms. The number of hydrogen-bond donors (Lipinski definition) is 2. The third kappa shape index (κ3) is 3.66. The smallest absolute Gasteiger partial charge is 0.244 e. The van der Waals surface area contributed by atoms with Gasteiger partial charge < -0.3 is 15.0 Å². The second-order valence-electron chi connectivity index (χ2n) is 5.94. The summed E-state index contributed by atoms with van der Waals surface area (Å²) >= 11 is 0. The summed E-state index contributed by atoms with van der Waals surface area (Å²) in [7, 11) is -1.82. The Morgan fingerprint density at radius 3 is 2.90 bits per heavy atom. The molecule has 1 aliphatic carbocycles. The van der Waals surface area contributed by atoms with Gasteiger partial charge in [-0.3, -0.25) is 0 Å². The number of hydrogen-bond acceptors (Lipinski definition) is 4. The number of nitrogens with one attached hydrogen (secondary N) is 2. The van der Waals surface area contributed by atoms with Crippen LogP contribution in [-0.4, -0.2) is 50.1 Å². The summed E-state index contributed by atoms with van der Waals surface area (Å²) in [4.78, 5) is 3.37. The van der Waals surface area contributed by atoms with E-state index in [1.54, 1.807) is 19.3 Å². The van der Waals surface area contributed by atoms with Gasteiger partial charge in [0.15, 0.2) is 0 Å². The van der Waals surface area contributed by atoms with Crippen molar-refractivity contribution in [2.45, 2.75) is 49.3 Å². The molecule has 3 rings (SSSR count). The summed E-state index contributed by atoms with van der Waals surface area (Å²) in [6.45, 7) is 1.85. The number of aromatic amines is 1. The summed E-state index contributed by atoms with van der Waals surface area (Å²) in [5, 5.41) is 3.37. The van der Waals surface area contributed by atoms with Gasteiger partial charge in [0, 0.05) is 44.7 Å². The van der Waals surface area contributed by atoms with Gasteiger partial charge in [-0.2, -0.15) is 4.31 Å². The van der Waals surface area contributed by atoms with Crippen LogP contribution in [0.4, 0.5) is 0 Å². The normalized spacial score (nSPS) is 23.0. The zero-order chi connectivity index (χ0) is 14.9. The van der Waals surface area contributed by atoms with Crippen LogP contribution in [0.5, 0.6) is 0 Å². The Hall–Kier alpha value is -0.890. The van der Waals surface area contributed by atoms with E-state index in [4.69, 9.17) is 4.74 Å². The molecule has 6 nitrogen and oxygen atoms in total. The molecule has 0 aromatic carbocycles. The standard InChI is InChI=1S/C14H23N3O3S/c1-17(10-13-3-2-6-20-13)21(18,19)14-7-12(16-9-14)8-15-11-4-5-11/h7,9,11,13,15-16H,2-6,8,10H2,1H3. The summed E-state index contributed by atoms with van der Waals surface area (Å²) in [6, 6.07) is 2.33. The highest BCUT2D eigenvalue weighted by Gasteiger charge is 2.27. The maximum atomic E-state index is 12.5. The van der Waals surface area contributed by atoms with Crippen LogP contribution < -0.4 is 5.32 Å². The Morgan fingerprint density at radius 1 is 1.43 bits per heavy atom. The van der Waals surface area contributed by atoms with Crippen molar-refractivity contribution in [3.63, 3.8) is 0 Å². The molecular formula is C14H23N3O3S. The summed E-state index contributed by atoms with van der Waals surface area (Å²) in [5.74, 6) is 0. The van der Waals surface area contributed by atoms with Gasteiger partial charge in [0.2, 0.25) is 10.0 Å². The first kappa shape index (κ1) is 15.0. The molecule has 1 aliphatic heterocycles. The Labute approximate surface area is 125 Å². The SMILES string of the molecule is CN(CC1CCCO1)S(=O)(=O)c1c[nH]c(CNC2CC2)c1. The molecule has 2 aliphatic rings. The number of rotatable bonds is 7. The van der Waals surface area contributed by atoms with Crippen LogP contribution in [0.2, 0.25) is 0 Å². The van der Waals surface area contributed by atoms with Gasteiger partial charge in [0.1, 0.15) is 0 Å². The Balaban J connectivity index is 1.62. The molecule has 21 heavy (non-hydrogen) atoms. The topological polar surface area (TPSA) is 74.4 Å². The number of sulfonamides is 1. The van der Waals surface area contributed by atoms with Gasteiger partial charge in [0.05, 0.1) is 11.0 Å². The summed E-state index contributed by atoms with van der Waals surface area (Å²) in [5.41, 5.74) is 0.908. The molecule has 0 amide bonds. The highest BCUT2D eigenvalue weighted by molar-refractivity contribution is 7.89. The Bertz CT molecular complexity index is 574. The quantitative estimate of drug-likeness (QED) is 0.789. The first-order valence-electron chi connectivity index (χ1n) is 7.54. The van der Waals surface area contributed by atoms with Crippen LogP contribution in [0, 0.1) is 0 Å². The largest absolute Gasteiger partial charge is 0.377 e. The second-order valence-corrected chi connectivity index (χ2v) is 7.98. The van der Waals surface area contributed by atoms with Crippen LogP contribution in [0.1, 0.15) is 31.4 Å². The van der Waals surface area contributed by atoms with Crippen LogP contribution in [-0.2, 0) is 21.3 Å². The minimum atomic E-state index is -3.43. The number of H-pyrrole nitrogens is 1. The van der Waals surface area contributed by atoms with Crippen molar-refractivity contribution in [1.82, 2.24) is 14.6 Å². The minimum absolute atomic E-state index is 0.0275. The Kier molecular flexibility index (Phi) is 4.35. The average Bonchev–Trinajstić information content (AvgIpc) is 2.93. The molecule has 1 atom stereocenters. The molecule has 1 saturated heterocycles. The summed E-state index contributed by atoms with van der Waals surface area (Å²) in [6.07, 6.45) is 5.99. The molecule has 1 aromatic heterocycles. The predicted molar refractivity (Wildman–Crippen MR) is 79.4 cm³/mol. The van der Waals surface area contributed by atoms with Gasteiger partial charge in [0.25, 0.3) is 0 Å². The highest BCUT2D eigenvalue weighted by Crippen LogP contribution is 2.21. The van der Waals surface area contributed by atoms with E-state index in [0.29, 0.717) is 24.0 Å². The van der Waals surface area contributed by atoms with Crippen molar-refractivity contribution in [3.05, 3.63) is 18.0 Å². The molecule has 0 radical (unpaired) electrons. The van der Waals surface area contributed by atoms with E-state index >= 15 is 0 Å². The highest BCUT2D eigenvalue weighted by atomic mass is 32.2. The average molecular weight is 313 g/mol. The van der Waals surface area contributed by atoms with Crippen molar-refractivity contribution in [1.29, 1.82) is 0 Å². The maximum absolute atomic E-state index is 12.5. The van der Waals surface area contributed by atoms with Gasteiger partial charge in [-0.1, -0.05) is 0 Å². The molecule has 2 N–H and O–H groups in total. The molecule has 7 heteroatoms. The maximum Gasteiger partial charge on any atom is 0.244 e. The van der Waals surface area contributed by atoms with Crippen molar-refractivity contribution >= 4 is 10.0 Å². The minimum Gasteiger partial charge on any atom is -0.377 e. The molecule has 1 aromatic rings. The van der Waals surface area contributed by atoms with E-state index in [1.165, 1.54) is 17.1 Å². The molecule has 2 fully saturated rings. The molecule has 2 heterocycles. The lowest BCUT2D eigenvalue weighted by Gasteiger charge is -2.19. The zero-order valence-electron chi connectivity index (χ0n) is 12.3. The summed E-state index contributed by atoms with van der Waals surface area (Å²) < 4.78 is 31.9. The molecule has 0 spiro atoms. The van der Waals surface area contributed by atoms with Gasteiger partial charge in [-0.25, -0.2) is 8.42 Å². The van der Waals surface area contributed by atoms with E-state index < -0.39 is 10.0 Å². The number of likely N-dealkylation sites (N-methyl/N-ethyl adjacent to an activating group) is 1. The van der Waals surface area contributed by atoms with E-state index in [0.717, 1.165) is 25.1 Å². The van der Waals surface area contributed by atoms with Crippen LogP contribution in [0.25, 0.3) is 0 Å². The van der Waals surface area contributed by atoms with Crippen molar-refractivity contribution in [3.8, 4) is 0 Å². The number of aromatic nitrogens is 1. The third-order valence-corrected chi connectivity index (χ3v) is 5.87. The van der Waals surface area contributed by atoms with Crippen LogP contribution in [0.15, 0.2) is 17.2 Å². The fourth-order valence-corrected chi connectivity index (χ4v) is 3.79. The monoisotopic (exact) mass is 313 g/mol. The van der Waals surface area contributed by atoms with Crippen molar-refractivity contribution in [2.24, 2.45) is 0 Å². The Morgan fingerprint density at radius 2 is 2.24 bits per heavy atom. The van der Waals surface area contributed by atoms with Gasteiger partial charge in [-0.05, 0) is 31.7 Å². The van der Waals surface area contributed by atoms with Crippen molar-refractivity contribution < 1.29 is 13.2 Å². The van der Waals surface area contributed by atoms with E-state index in [9.17, 15) is 8.42 Å². The van der Waals surface area contributed by atoms with Crippen LogP contribution >= 0.6 is 0 Å². The molecule has 118 valence electrons. The van der Waals surface area contributed by atoms with E-state index in [-0.39, 0.29) is 6.10 Å². The molecule has 1 saturated carbocycles. The van der Waals surface area contributed by atoms with Crippen LogP contribution in [0.3, 0.4) is 0 Å². The molecular weight excluding hydrogens is 290 g/mol. The second kappa shape index (κ2) is 6.08. The lowest BCUT2D eigenvalue weighted by Crippen LogP contribution is -2.33. The van der Waals surface area contributed by atoms with Gasteiger partial charge >= 0.3 is 0 Å². The first-order chi connectivity index (χ1) is 10.1. The van der Waals surface area contributed by atoms with E-state index in [1.807, 2.05) is 0 Å². The first-order valence-corrected chi connectivity index (χ1v) is 8.98. The van der Waals surface area contributed by atoms with Crippen molar-refractivity contribution in [2.75, 3.05) is 20.2 Å². The lowest BCUT2D eigenvalue weighted by atomic mass is 10.2. The lowest BCUT2D eigenvalue weighted by molar-refractivity contribution is 0.0979. The fraction of sp³-hybridized carbons (Fsp3) is 0.714. The zero-order valence-corrected chi connectivity index (χ0v) is 13.2. The number of ether oxygens (including phenoxy) is 1. The third-order valence-electron chi connectivity index (χ3n) is 4.07. The predicted octanol–water partition coefficient (Wildman–Crippen LogP) is 1.07. The van der Waals surface area contributed by atoms with Gasteiger partial charge in [-0.15, -0.1) is 0 Å².